The van der Waals surface area contributed by atoms with Crippen molar-refractivity contribution in [1.82, 2.24) is 35.7 Å². The van der Waals surface area contributed by atoms with Gasteiger partial charge in [-0.25, -0.2) is 4.79 Å². The zero-order valence-corrected chi connectivity index (χ0v) is 24.2. The lowest BCUT2D eigenvalue weighted by Crippen LogP contribution is -2.29. The van der Waals surface area contributed by atoms with Gasteiger partial charge in [-0.05, 0) is 77.4 Å². The number of anilines is 1. The molecule has 2 aromatic heterocycles. The number of hydrogen-bond donors (Lipinski definition) is 3. The van der Waals surface area contributed by atoms with Crippen LogP contribution in [0.15, 0.2) is 91.3 Å². The van der Waals surface area contributed by atoms with Gasteiger partial charge in [0.05, 0.1) is 24.0 Å². The van der Waals surface area contributed by atoms with Gasteiger partial charge in [0.25, 0.3) is 0 Å². The van der Waals surface area contributed by atoms with Crippen LogP contribution < -0.4 is 15.4 Å². The summed E-state index contributed by atoms with van der Waals surface area (Å²) >= 11 is 6.23. The second-order valence-corrected chi connectivity index (χ2v) is 9.91. The Balaban J connectivity index is 1.46. The number of tetrazole rings is 1. The van der Waals surface area contributed by atoms with E-state index >= 15 is 0 Å². The molecule has 0 saturated heterocycles. The van der Waals surface area contributed by atoms with Gasteiger partial charge in [-0.3, -0.25) is 10.1 Å². The van der Waals surface area contributed by atoms with Crippen LogP contribution in [-0.2, 0) is 11.2 Å². The molecule has 12 nitrogen and oxygen atoms in total. The van der Waals surface area contributed by atoms with Gasteiger partial charge < -0.3 is 15.2 Å². The van der Waals surface area contributed by atoms with Crippen LogP contribution in [0.25, 0.3) is 22.9 Å². The van der Waals surface area contributed by atoms with E-state index in [9.17, 15) is 9.59 Å². The van der Waals surface area contributed by atoms with E-state index in [2.05, 4.69) is 36.4 Å². The van der Waals surface area contributed by atoms with Gasteiger partial charge in [0, 0.05) is 27.9 Å². The summed E-state index contributed by atoms with van der Waals surface area (Å²) in [6.07, 6.45) is 3.79. The van der Waals surface area contributed by atoms with Crippen LogP contribution in [0.2, 0.25) is 5.02 Å². The Bertz CT molecular complexity index is 1760. The first-order valence-electron chi connectivity index (χ1n) is 13.6. The third-order valence-electron chi connectivity index (χ3n) is 6.46. The van der Waals surface area contributed by atoms with Gasteiger partial charge in [-0.2, -0.15) is 4.68 Å². The van der Waals surface area contributed by atoms with Crippen LogP contribution in [0.3, 0.4) is 0 Å². The molecule has 0 aliphatic heterocycles. The van der Waals surface area contributed by atoms with Gasteiger partial charge in [0.2, 0.25) is 11.8 Å². The van der Waals surface area contributed by atoms with E-state index in [1.54, 1.807) is 48.5 Å². The molecule has 2 heterocycles. The summed E-state index contributed by atoms with van der Waals surface area (Å²) in [7, 11) is 0. The van der Waals surface area contributed by atoms with Crippen molar-refractivity contribution in [1.29, 1.82) is 0 Å². The van der Waals surface area contributed by atoms with Crippen molar-refractivity contribution >= 4 is 35.4 Å². The number of hydrogen-bond acceptors (Lipinski definition) is 8. The highest BCUT2D eigenvalue weighted by Crippen LogP contribution is 2.31. The predicted octanol–water partition coefficient (Wildman–Crippen LogP) is 5.37. The first-order valence-corrected chi connectivity index (χ1v) is 13.9. The quantitative estimate of drug-likeness (QED) is 0.167. The number of amides is 2. The normalized spacial score (nSPS) is 11.7. The molecule has 5 aromatic rings. The van der Waals surface area contributed by atoms with Crippen molar-refractivity contribution in [3.63, 3.8) is 0 Å². The third kappa shape index (κ3) is 7.61. The van der Waals surface area contributed by atoms with Crippen LogP contribution in [0.4, 0.5) is 10.5 Å². The second-order valence-electron chi connectivity index (χ2n) is 9.47. The number of nitrogens with zero attached hydrogens (tertiary/aromatic N) is 6. The van der Waals surface area contributed by atoms with Crippen LogP contribution >= 0.6 is 11.6 Å². The van der Waals surface area contributed by atoms with Crippen molar-refractivity contribution in [3.8, 4) is 22.7 Å². The fourth-order valence-corrected chi connectivity index (χ4v) is 4.66. The number of nitrogens with one attached hydrogen (secondary N) is 2. The number of rotatable bonds is 11. The summed E-state index contributed by atoms with van der Waals surface area (Å²) in [4.78, 5) is 24.3. The van der Waals surface area contributed by atoms with Crippen molar-refractivity contribution in [2.75, 3.05) is 11.9 Å². The molecule has 0 fully saturated rings. The molecule has 1 unspecified atom stereocenters. The standard InChI is InChI=1S/C31H27ClN8O4/c1-2-44-30-25(21-8-12-24(13-9-21)34-31(42)43)18-27(36-37-30)26(16-20-6-4-3-5-7-20)35-29(41)15-10-22-17-23(32)11-14-28(22)40-19-33-38-39-40/h3-15,17-19,26,34H,2,16H2,1H3,(H,35,41)(H,42,43). The van der Waals surface area contributed by atoms with Gasteiger partial charge in [0.15, 0.2) is 0 Å². The monoisotopic (exact) mass is 610 g/mol. The molecule has 3 aromatic carbocycles. The zero-order chi connectivity index (χ0) is 30.9. The molecule has 0 radical (unpaired) electrons. The third-order valence-corrected chi connectivity index (χ3v) is 6.70. The Morgan fingerprint density at radius 3 is 2.55 bits per heavy atom. The lowest BCUT2D eigenvalue weighted by atomic mass is 10.00. The molecular weight excluding hydrogens is 584 g/mol. The molecule has 0 saturated carbocycles. The summed E-state index contributed by atoms with van der Waals surface area (Å²) in [5, 5.41) is 35.0. The molecule has 44 heavy (non-hydrogen) atoms. The van der Waals surface area contributed by atoms with Gasteiger partial charge >= 0.3 is 6.09 Å². The summed E-state index contributed by atoms with van der Waals surface area (Å²) in [5.41, 5.74) is 4.59. The number of aromatic nitrogens is 6. The van der Waals surface area contributed by atoms with E-state index in [1.165, 1.54) is 17.1 Å². The van der Waals surface area contributed by atoms with Crippen molar-refractivity contribution in [3.05, 3.63) is 113 Å². The van der Waals surface area contributed by atoms with E-state index < -0.39 is 12.1 Å². The van der Waals surface area contributed by atoms with E-state index in [-0.39, 0.29) is 5.91 Å². The summed E-state index contributed by atoms with van der Waals surface area (Å²) in [6.45, 7) is 2.21. The summed E-state index contributed by atoms with van der Waals surface area (Å²) < 4.78 is 7.23. The van der Waals surface area contributed by atoms with Crippen molar-refractivity contribution in [2.24, 2.45) is 0 Å². The lowest BCUT2D eigenvalue weighted by molar-refractivity contribution is -0.117. The van der Waals surface area contributed by atoms with Crippen molar-refractivity contribution in [2.45, 2.75) is 19.4 Å². The molecule has 222 valence electrons. The molecule has 0 bridgehead atoms. The largest absolute Gasteiger partial charge is 0.476 e. The Morgan fingerprint density at radius 2 is 1.84 bits per heavy atom. The van der Waals surface area contributed by atoms with Gasteiger partial charge in [-0.1, -0.05) is 54.1 Å². The highest BCUT2D eigenvalue weighted by atomic mass is 35.5. The van der Waals surface area contributed by atoms with Crippen LogP contribution in [0.1, 0.15) is 29.8 Å². The number of benzene rings is 3. The maximum absolute atomic E-state index is 13.3. The molecule has 1 atom stereocenters. The SMILES string of the molecule is CCOc1nnc(C(Cc2ccccc2)NC(=O)C=Cc2cc(Cl)ccc2-n2cnnn2)cc1-c1ccc(NC(=O)O)cc1. The first kappa shape index (κ1) is 29.9. The Labute approximate surface area is 257 Å². The highest BCUT2D eigenvalue weighted by Gasteiger charge is 2.20. The van der Waals surface area contributed by atoms with E-state index in [1.807, 2.05) is 43.3 Å². The first-order chi connectivity index (χ1) is 21.4. The van der Waals surface area contributed by atoms with Gasteiger partial charge in [-0.15, -0.1) is 15.3 Å². The molecule has 13 heteroatoms. The zero-order valence-electron chi connectivity index (χ0n) is 23.5. The minimum absolute atomic E-state index is 0.316. The Hall–Kier alpha value is -5.62. The minimum Gasteiger partial charge on any atom is -0.476 e. The average molecular weight is 611 g/mol. The summed E-state index contributed by atoms with van der Waals surface area (Å²) in [5.74, 6) is -0.0501. The molecule has 0 aliphatic rings. The average Bonchev–Trinajstić information content (AvgIpc) is 3.56. The number of carboxylic acid groups (broad SMARTS) is 1. The topological polar surface area (TPSA) is 157 Å². The number of carbonyl (C=O) groups excluding carboxylic acids is 1. The van der Waals surface area contributed by atoms with Crippen LogP contribution in [-0.4, -0.2) is 54.1 Å². The number of carbonyl (C=O) groups is 2. The van der Waals surface area contributed by atoms with Crippen LogP contribution in [0.5, 0.6) is 5.88 Å². The van der Waals surface area contributed by atoms with Gasteiger partial charge in [0.1, 0.15) is 6.33 Å². The summed E-state index contributed by atoms with van der Waals surface area (Å²) in [6, 6.07) is 23.0. The van der Waals surface area contributed by atoms with E-state index in [4.69, 9.17) is 21.4 Å². The Morgan fingerprint density at radius 1 is 1.05 bits per heavy atom. The fraction of sp³-hybridized carbons (Fsp3) is 0.129. The predicted molar refractivity (Wildman–Crippen MR) is 165 cm³/mol. The lowest BCUT2D eigenvalue weighted by Gasteiger charge is -2.19. The Kier molecular flexibility index (Phi) is 9.52. The molecule has 2 amide bonds. The highest BCUT2D eigenvalue weighted by molar-refractivity contribution is 6.30. The molecule has 5 rings (SSSR count). The molecular formula is C31H27ClN8O4. The van der Waals surface area contributed by atoms with E-state index in [0.717, 1.165) is 11.1 Å². The van der Waals surface area contributed by atoms with E-state index in [0.29, 0.717) is 52.1 Å². The second kappa shape index (κ2) is 14.0. The fourth-order valence-electron chi connectivity index (χ4n) is 4.48. The van der Waals surface area contributed by atoms with Crippen molar-refractivity contribution < 1.29 is 19.4 Å². The molecule has 0 spiro atoms. The minimum atomic E-state index is -1.16. The number of halogens is 1. The van der Waals surface area contributed by atoms with Crippen LogP contribution in [0, 0.1) is 0 Å². The maximum atomic E-state index is 13.3. The number of ether oxygens (including phenoxy) is 1. The maximum Gasteiger partial charge on any atom is 0.409 e. The molecule has 3 N–H and O–H groups in total. The smallest absolute Gasteiger partial charge is 0.409 e. The molecule has 0 aliphatic carbocycles.